The van der Waals surface area contributed by atoms with E-state index in [9.17, 15) is 29.1 Å². The van der Waals surface area contributed by atoms with E-state index in [4.69, 9.17) is 18.9 Å². The van der Waals surface area contributed by atoms with Crippen LogP contribution in [0.5, 0.6) is 0 Å². The number of esters is 4. The van der Waals surface area contributed by atoms with Crippen LogP contribution in [0.4, 0.5) is 0 Å². The van der Waals surface area contributed by atoms with Gasteiger partial charge < -0.3 is 24.1 Å². The highest BCUT2D eigenvalue weighted by Gasteiger charge is 2.84. The molecule has 4 rings (SSSR count). The van der Waals surface area contributed by atoms with Crippen LogP contribution in [0.3, 0.4) is 0 Å². The molecular formula is C28H38O10. The molecule has 4 fully saturated rings. The molecule has 0 aromatic heterocycles. The molecular weight excluding hydrogens is 496 g/mol. The van der Waals surface area contributed by atoms with Crippen molar-refractivity contribution in [2.75, 3.05) is 0 Å². The Kier molecular flexibility index (Phi) is 6.61. The van der Waals surface area contributed by atoms with Gasteiger partial charge in [-0.15, -0.1) is 0 Å². The highest BCUT2D eigenvalue weighted by molar-refractivity contribution is 6.07. The van der Waals surface area contributed by atoms with Gasteiger partial charge >= 0.3 is 23.9 Å². The van der Waals surface area contributed by atoms with Crippen molar-refractivity contribution >= 4 is 29.7 Å². The lowest BCUT2D eigenvalue weighted by atomic mass is 9.38. The van der Waals surface area contributed by atoms with E-state index < -0.39 is 76.4 Å². The summed E-state index contributed by atoms with van der Waals surface area (Å²) in [4.78, 5) is 63.9. The van der Waals surface area contributed by atoms with Crippen molar-refractivity contribution in [1.82, 2.24) is 0 Å². The van der Waals surface area contributed by atoms with Crippen molar-refractivity contribution < 1.29 is 48.0 Å². The van der Waals surface area contributed by atoms with Crippen LogP contribution >= 0.6 is 0 Å². The van der Waals surface area contributed by atoms with Crippen LogP contribution < -0.4 is 0 Å². The lowest BCUT2D eigenvalue weighted by Crippen LogP contribution is -2.76. The minimum Gasteiger partial charge on any atom is -0.462 e. The Hall–Kier alpha value is -2.75. The Morgan fingerprint density at radius 1 is 0.868 bits per heavy atom. The predicted octanol–water partition coefficient (Wildman–Crippen LogP) is 2.44. The molecule has 4 aliphatic carbocycles. The van der Waals surface area contributed by atoms with Gasteiger partial charge in [0.25, 0.3) is 0 Å². The third-order valence-corrected chi connectivity index (χ3v) is 9.77. The van der Waals surface area contributed by atoms with E-state index in [-0.39, 0.29) is 29.7 Å². The smallest absolute Gasteiger partial charge is 0.303 e. The molecule has 0 saturated heterocycles. The first-order chi connectivity index (χ1) is 17.4. The van der Waals surface area contributed by atoms with E-state index in [1.807, 2.05) is 6.92 Å². The van der Waals surface area contributed by atoms with Crippen molar-refractivity contribution in [2.45, 2.75) is 104 Å². The Morgan fingerprint density at radius 3 is 1.92 bits per heavy atom. The number of ketones is 1. The van der Waals surface area contributed by atoms with Gasteiger partial charge in [0.05, 0.1) is 0 Å². The number of Topliss-reactive ketones (excluding diaryl/α,β-unsaturated/α-hetero) is 1. The number of carbonyl (C=O) groups excluding carboxylic acids is 5. The summed E-state index contributed by atoms with van der Waals surface area (Å²) in [5.41, 5.74) is -5.41. The molecule has 4 aliphatic rings. The van der Waals surface area contributed by atoms with Gasteiger partial charge in [-0.3, -0.25) is 24.0 Å². The van der Waals surface area contributed by atoms with Crippen molar-refractivity contribution in [2.24, 2.45) is 28.1 Å². The van der Waals surface area contributed by atoms with Crippen LogP contribution in [0.25, 0.3) is 0 Å². The molecule has 0 amide bonds. The molecule has 38 heavy (non-hydrogen) atoms. The van der Waals surface area contributed by atoms with Crippen molar-refractivity contribution in [3.63, 3.8) is 0 Å². The molecule has 10 nitrogen and oxygen atoms in total. The Bertz CT molecular complexity index is 1110. The third kappa shape index (κ3) is 3.73. The van der Waals surface area contributed by atoms with Gasteiger partial charge in [-0.25, -0.2) is 0 Å². The molecule has 2 bridgehead atoms. The summed E-state index contributed by atoms with van der Waals surface area (Å²) in [6.45, 7) is 14.9. The SMILES string of the molecule is C=C1C(=O)[C@]23[C@H]([C@@H](OC(C)=O)C[C@]1(O)[C@@H]2OC(C)=O)[C@@]1(C)[C@H](C[C@H]3OC(C)=O)C(C)(C)CC[C@H]1OC(C)=O. The first-order valence-electron chi connectivity index (χ1n) is 13.1. The summed E-state index contributed by atoms with van der Waals surface area (Å²) >= 11 is 0. The van der Waals surface area contributed by atoms with Crippen molar-refractivity contribution in [1.29, 1.82) is 0 Å². The Morgan fingerprint density at radius 2 is 1.39 bits per heavy atom. The quantitative estimate of drug-likeness (QED) is 0.325. The van der Waals surface area contributed by atoms with Crippen LogP contribution in [0.15, 0.2) is 12.2 Å². The lowest BCUT2D eigenvalue weighted by molar-refractivity contribution is -0.298. The summed E-state index contributed by atoms with van der Waals surface area (Å²) in [6.07, 6.45) is -3.22. The van der Waals surface area contributed by atoms with Gasteiger partial charge in [-0.05, 0) is 30.6 Å². The first kappa shape index (κ1) is 28.3. The molecule has 0 aromatic carbocycles. The molecule has 0 aliphatic heterocycles. The average Bonchev–Trinajstić information content (AvgIpc) is 2.85. The third-order valence-electron chi connectivity index (χ3n) is 9.77. The molecule has 0 radical (unpaired) electrons. The maximum absolute atomic E-state index is 14.4. The maximum atomic E-state index is 14.4. The largest absolute Gasteiger partial charge is 0.462 e. The molecule has 9 atom stereocenters. The van der Waals surface area contributed by atoms with Crippen LogP contribution in [0, 0.1) is 28.1 Å². The molecule has 0 aromatic rings. The van der Waals surface area contributed by atoms with Crippen molar-refractivity contribution in [3.05, 3.63) is 12.2 Å². The summed E-state index contributed by atoms with van der Waals surface area (Å²) in [5.74, 6) is -4.34. The number of carbonyl (C=O) groups is 5. The fourth-order valence-electron chi connectivity index (χ4n) is 8.70. The number of hydrogen-bond donors (Lipinski definition) is 1. The molecule has 0 unspecified atom stereocenters. The maximum Gasteiger partial charge on any atom is 0.303 e. The summed E-state index contributed by atoms with van der Waals surface area (Å²) in [6, 6.07) is 0. The first-order valence-corrected chi connectivity index (χ1v) is 13.1. The van der Waals surface area contributed by atoms with E-state index in [0.717, 1.165) is 0 Å². The zero-order valence-corrected chi connectivity index (χ0v) is 23.1. The molecule has 0 heterocycles. The molecule has 4 saturated carbocycles. The second-order valence-corrected chi connectivity index (χ2v) is 12.4. The zero-order valence-electron chi connectivity index (χ0n) is 23.1. The summed E-state index contributed by atoms with van der Waals surface area (Å²) in [7, 11) is 0. The summed E-state index contributed by atoms with van der Waals surface area (Å²) < 4.78 is 23.3. The van der Waals surface area contributed by atoms with Gasteiger partial charge in [0.15, 0.2) is 11.9 Å². The zero-order chi connectivity index (χ0) is 28.6. The van der Waals surface area contributed by atoms with Crippen LogP contribution in [-0.2, 0) is 42.9 Å². The molecule has 1 spiro atoms. The van der Waals surface area contributed by atoms with Crippen LogP contribution in [0.1, 0.15) is 74.1 Å². The van der Waals surface area contributed by atoms with Crippen molar-refractivity contribution in [3.8, 4) is 0 Å². The van der Waals surface area contributed by atoms with E-state index in [1.54, 1.807) is 0 Å². The average molecular weight is 535 g/mol. The molecule has 210 valence electrons. The Labute approximate surface area is 222 Å². The number of fused-ring (bicyclic) bond motifs is 3. The lowest BCUT2D eigenvalue weighted by Gasteiger charge is -2.68. The van der Waals surface area contributed by atoms with E-state index in [0.29, 0.717) is 12.8 Å². The minimum atomic E-state index is -2.05. The predicted molar refractivity (Wildman–Crippen MR) is 131 cm³/mol. The van der Waals surface area contributed by atoms with Gasteiger partial charge in [-0.2, -0.15) is 0 Å². The van der Waals surface area contributed by atoms with Gasteiger partial charge in [0.1, 0.15) is 29.3 Å². The topological polar surface area (TPSA) is 143 Å². The Balaban J connectivity index is 2.09. The van der Waals surface area contributed by atoms with Gasteiger partial charge in [-0.1, -0.05) is 27.4 Å². The second-order valence-electron chi connectivity index (χ2n) is 12.4. The van der Waals surface area contributed by atoms with Crippen LogP contribution in [-0.4, -0.2) is 64.8 Å². The number of rotatable bonds is 4. The number of ether oxygens (including phenoxy) is 4. The second kappa shape index (κ2) is 8.89. The minimum absolute atomic E-state index is 0.178. The number of aliphatic hydroxyl groups is 1. The standard InChI is InChI=1S/C28H38O10/c1-13-23(33)28-21(37-16(4)31)11-19-25(6,7)10-9-20(36-15(3)30)26(19,8)22(28)18(35-14(2)29)12-27(13,34)24(28)38-17(5)32/h18-22,24,34H,1,9-12H2,2-8H3/t18-,19+,20+,21+,22+,24-,26-,27+,28-/m0/s1. The highest BCUT2D eigenvalue weighted by Crippen LogP contribution is 2.73. The fourth-order valence-corrected chi connectivity index (χ4v) is 8.70. The van der Waals surface area contributed by atoms with Gasteiger partial charge in [0.2, 0.25) is 0 Å². The van der Waals surface area contributed by atoms with Crippen LogP contribution in [0.2, 0.25) is 0 Å². The number of hydrogen-bond acceptors (Lipinski definition) is 10. The normalized spacial score (nSPS) is 42.8. The van der Waals surface area contributed by atoms with E-state index >= 15 is 0 Å². The van der Waals surface area contributed by atoms with E-state index in [2.05, 4.69) is 20.4 Å². The highest BCUT2D eigenvalue weighted by atomic mass is 16.6. The van der Waals surface area contributed by atoms with E-state index in [1.165, 1.54) is 27.7 Å². The monoisotopic (exact) mass is 534 g/mol. The molecule has 1 N–H and O–H groups in total. The summed E-state index contributed by atoms with van der Waals surface area (Å²) in [5, 5.41) is 11.9. The fraction of sp³-hybridized carbons (Fsp3) is 0.750. The van der Waals surface area contributed by atoms with Gasteiger partial charge in [0, 0.05) is 51.0 Å². The molecule has 10 heteroatoms.